The van der Waals surface area contributed by atoms with Gasteiger partial charge in [0.1, 0.15) is 9.80 Å². The predicted molar refractivity (Wildman–Crippen MR) is 86.3 cm³/mol. The van der Waals surface area contributed by atoms with Gasteiger partial charge in [0.05, 0.1) is 4.90 Å². The Hall–Kier alpha value is -2.10. The fourth-order valence-electron chi connectivity index (χ4n) is 2.99. The van der Waals surface area contributed by atoms with Gasteiger partial charge in [0.2, 0.25) is 0 Å². The Morgan fingerprint density at radius 2 is 1.35 bits per heavy atom. The number of hydrogen-bond donors (Lipinski definition) is 1. The molecule has 4 aromatic carbocycles. The van der Waals surface area contributed by atoms with E-state index in [1.165, 1.54) is 0 Å². The third kappa shape index (κ3) is 1.48. The molecule has 0 bridgehead atoms. The fraction of sp³-hybridized carbons (Fsp3) is 0. The summed E-state index contributed by atoms with van der Waals surface area (Å²) in [6.07, 6.45) is 0. The van der Waals surface area contributed by atoms with E-state index >= 15 is 0 Å². The summed E-state index contributed by atoms with van der Waals surface area (Å²) in [6.45, 7) is 0. The number of hydrogen-bond acceptors (Lipinski definition) is 1. The Morgan fingerprint density at radius 3 is 2.00 bits per heavy atom. The lowest BCUT2D eigenvalue weighted by Gasteiger charge is -2.13. The van der Waals surface area contributed by atoms with Crippen molar-refractivity contribution in [3.05, 3.63) is 54.6 Å². The van der Waals surface area contributed by atoms with Crippen LogP contribution in [0.25, 0.3) is 32.3 Å². The van der Waals surface area contributed by atoms with Gasteiger partial charge in [-0.3, -0.25) is 0 Å². The van der Waals surface area contributed by atoms with Gasteiger partial charge in [-0.25, -0.2) is 4.21 Å². The minimum Gasteiger partial charge on any atom is -0.310 e. The third-order valence-electron chi connectivity index (χ3n) is 3.83. The maximum atomic E-state index is 12.0. The molecule has 0 amide bonds. The van der Waals surface area contributed by atoms with Crippen LogP contribution in [0.1, 0.15) is 0 Å². The van der Waals surface area contributed by atoms with Crippen LogP contribution < -0.4 is 0 Å². The smallest absolute Gasteiger partial charge is 0.104 e. The van der Waals surface area contributed by atoms with E-state index in [0.29, 0.717) is 4.90 Å². The maximum Gasteiger partial charge on any atom is 0.104 e. The lowest BCUT2D eigenvalue weighted by atomic mass is 9.94. The molecule has 1 unspecified atom stereocenters. The molecule has 0 aliphatic carbocycles. The summed E-state index contributed by atoms with van der Waals surface area (Å²) in [5, 5.41) is 6.38. The summed E-state index contributed by atoms with van der Waals surface area (Å²) in [6, 6.07) is 17.8. The first-order valence-electron chi connectivity index (χ1n) is 6.32. The minimum atomic E-state index is -3.23. The lowest BCUT2D eigenvalue weighted by molar-refractivity contribution is 0.561. The second kappa shape index (κ2) is 3.72. The maximum absolute atomic E-state index is 12.0. The highest BCUT2D eigenvalue weighted by molar-refractivity contribution is 7.95. The van der Waals surface area contributed by atoms with Gasteiger partial charge >= 0.3 is 0 Å². The van der Waals surface area contributed by atoms with Gasteiger partial charge < -0.3 is 4.55 Å². The predicted octanol–water partition coefficient (Wildman–Crippen LogP) is 4.13. The van der Waals surface area contributed by atoms with Gasteiger partial charge in [-0.15, -0.1) is 0 Å². The number of benzene rings is 4. The van der Waals surface area contributed by atoms with Crippen molar-refractivity contribution in [2.75, 3.05) is 0 Å². The molecule has 0 heterocycles. The SMILES string of the molecule is C=S(=O)(O)c1ccc2ccc3cccc4ccc1c2c34. The molecule has 20 heavy (non-hydrogen) atoms. The van der Waals surface area contributed by atoms with Crippen molar-refractivity contribution in [1.29, 1.82) is 0 Å². The van der Waals surface area contributed by atoms with Crippen LogP contribution in [0.2, 0.25) is 0 Å². The van der Waals surface area contributed by atoms with Crippen molar-refractivity contribution >= 4 is 48.0 Å². The highest BCUT2D eigenvalue weighted by Crippen LogP contribution is 2.36. The van der Waals surface area contributed by atoms with Crippen molar-refractivity contribution < 1.29 is 8.76 Å². The van der Waals surface area contributed by atoms with Gasteiger partial charge in [0.15, 0.2) is 0 Å². The van der Waals surface area contributed by atoms with Crippen LogP contribution in [0.15, 0.2) is 59.5 Å². The van der Waals surface area contributed by atoms with Crippen LogP contribution in [0, 0.1) is 0 Å². The zero-order chi connectivity index (χ0) is 13.9. The molecule has 98 valence electrons. The lowest BCUT2D eigenvalue weighted by Crippen LogP contribution is -1.99. The molecule has 0 aliphatic heterocycles. The Morgan fingerprint density at radius 1 is 0.800 bits per heavy atom. The zero-order valence-corrected chi connectivity index (χ0v) is 11.5. The molecule has 0 aromatic heterocycles. The van der Waals surface area contributed by atoms with Crippen molar-refractivity contribution in [3.8, 4) is 0 Å². The van der Waals surface area contributed by atoms with E-state index in [4.69, 9.17) is 0 Å². The average Bonchev–Trinajstić information content (AvgIpc) is 2.43. The molecule has 0 saturated carbocycles. The first kappa shape index (κ1) is 11.7. The molecule has 4 aromatic rings. The molecular weight excluding hydrogens is 268 g/mol. The summed E-state index contributed by atoms with van der Waals surface area (Å²) in [4.78, 5) is 0.406. The van der Waals surface area contributed by atoms with Crippen LogP contribution in [-0.2, 0) is 9.80 Å². The van der Waals surface area contributed by atoms with Gasteiger partial charge in [0, 0.05) is 5.39 Å². The summed E-state index contributed by atoms with van der Waals surface area (Å²) in [5.74, 6) is 3.41. The zero-order valence-electron chi connectivity index (χ0n) is 10.7. The fourth-order valence-corrected chi connectivity index (χ4v) is 3.78. The Labute approximate surface area is 116 Å². The molecule has 4 rings (SSSR count). The molecule has 0 radical (unpaired) electrons. The number of rotatable bonds is 1. The Kier molecular flexibility index (Phi) is 2.18. The van der Waals surface area contributed by atoms with Crippen LogP contribution in [0.4, 0.5) is 0 Å². The third-order valence-corrected chi connectivity index (χ3v) is 4.88. The molecule has 0 fully saturated rings. The van der Waals surface area contributed by atoms with Crippen molar-refractivity contribution in [2.45, 2.75) is 4.90 Å². The van der Waals surface area contributed by atoms with Crippen LogP contribution in [0.3, 0.4) is 0 Å². The molecule has 1 N–H and O–H groups in total. The monoisotopic (exact) mass is 280 g/mol. The molecule has 0 aliphatic rings. The van der Waals surface area contributed by atoms with E-state index in [-0.39, 0.29) is 0 Å². The second-order valence-corrected chi connectivity index (χ2v) is 6.78. The van der Waals surface area contributed by atoms with Gasteiger partial charge in [-0.2, -0.15) is 0 Å². The summed E-state index contributed by atoms with van der Waals surface area (Å²) >= 11 is 0. The first-order valence-corrected chi connectivity index (χ1v) is 8.00. The van der Waals surface area contributed by atoms with E-state index < -0.39 is 9.80 Å². The normalized spacial score (nSPS) is 15.1. The Bertz CT molecular complexity index is 1050. The molecule has 0 spiro atoms. The van der Waals surface area contributed by atoms with Crippen LogP contribution in [0.5, 0.6) is 0 Å². The molecule has 2 nitrogen and oxygen atoms in total. The molecule has 1 atom stereocenters. The average molecular weight is 280 g/mol. The molecule has 3 heteroatoms. The minimum absolute atomic E-state index is 0.406. The summed E-state index contributed by atoms with van der Waals surface area (Å²) in [7, 11) is -3.23. The van der Waals surface area contributed by atoms with Gasteiger partial charge in [-0.05, 0) is 38.9 Å². The second-order valence-electron chi connectivity index (χ2n) is 5.06. The Balaban J connectivity index is 2.39. The van der Waals surface area contributed by atoms with E-state index in [9.17, 15) is 8.76 Å². The quantitative estimate of drug-likeness (QED) is 0.420. The van der Waals surface area contributed by atoms with Gasteiger partial charge in [0.25, 0.3) is 0 Å². The summed E-state index contributed by atoms with van der Waals surface area (Å²) < 4.78 is 21.8. The van der Waals surface area contributed by atoms with E-state index in [0.717, 1.165) is 32.3 Å². The van der Waals surface area contributed by atoms with Crippen molar-refractivity contribution in [2.24, 2.45) is 0 Å². The van der Waals surface area contributed by atoms with E-state index in [1.54, 1.807) is 6.07 Å². The highest BCUT2D eigenvalue weighted by atomic mass is 32.2. The van der Waals surface area contributed by atoms with Crippen molar-refractivity contribution in [3.63, 3.8) is 0 Å². The van der Waals surface area contributed by atoms with E-state index in [2.05, 4.69) is 30.1 Å². The molecular formula is C17H12O2S. The first-order chi connectivity index (χ1) is 9.55. The van der Waals surface area contributed by atoms with Crippen LogP contribution >= 0.6 is 0 Å². The topological polar surface area (TPSA) is 37.3 Å². The largest absolute Gasteiger partial charge is 0.310 e. The van der Waals surface area contributed by atoms with Crippen LogP contribution in [-0.4, -0.2) is 14.6 Å². The molecule has 0 saturated heterocycles. The summed E-state index contributed by atoms with van der Waals surface area (Å²) in [5.41, 5.74) is 0. The highest BCUT2D eigenvalue weighted by Gasteiger charge is 2.13. The standard InChI is InChI=1S/C17H12O2S/c1-20(18,19)15-10-8-13-6-5-11-3-2-4-12-7-9-14(15)17(13)16(11)12/h2-10H,1H2,(H,18,19). The van der Waals surface area contributed by atoms with E-state index in [1.807, 2.05) is 24.3 Å². The van der Waals surface area contributed by atoms with Crippen molar-refractivity contribution in [1.82, 2.24) is 0 Å². The van der Waals surface area contributed by atoms with Gasteiger partial charge in [-0.1, -0.05) is 48.5 Å².